The van der Waals surface area contributed by atoms with Crippen LogP contribution in [0.2, 0.25) is 0 Å². The molecule has 6 heteroatoms. The molecule has 2 fully saturated rings. The summed E-state index contributed by atoms with van der Waals surface area (Å²) in [4.78, 5) is 16.4. The van der Waals surface area contributed by atoms with E-state index in [1.807, 2.05) is 17.5 Å². The molecule has 2 N–H and O–H groups in total. The highest BCUT2D eigenvalue weighted by Crippen LogP contribution is 2.40. The summed E-state index contributed by atoms with van der Waals surface area (Å²) >= 11 is 1.56. The van der Waals surface area contributed by atoms with Crippen molar-refractivity contribution in [2.45, 2.75) is 44.7 Å². The second kappa shape index (κ2) is 8.53. The number of ketones is 1. The number of allylic oxidation sites excluding steroid dienone is 1. The second-order valence-corrected chi connectivity index (χ2v) is 9.51. The first-order valence-electron chi connectivity index (χ1n) is 11.0. The van der Waals surface area contributed by atoms with E-state index in [0.29, 0.717) is 41.1 Å². The first kappa shape index (κ1) is 19.8. The molecule has 0 radical (unpaired) electrons. The van der Waals surface area contributed by atoms with Gasteiger partial charge in [-0.15, -0.1) is 11.3 Å². The average Bonchev–Trinajstić information content (AvgIpc) is 3.38. The number of phenolic OH excluding ortho intramolecular Hbond substituents is 1. The Labute approximate surface area is 181 Å². The van der Waals surface area contributed by atoms with Gasteiger partial charge in [0.1, 0.15) is 11.5 Å². The molecule has 3 aliphatic heterocycles. The Morgan fingerprint density at radius 3 is 2.97 bits per heavy atom. The van der Waals surface area contributed by atoms with E-state index in [1.54, 1.807) is 29.5 Å². The molecule has 0 unspecified atom stereocenters. The summed E-state index contributed by atoms with van der Waals surface area (Å²) in [7, 11) is 0. The number of benzene rings is 1. The van der Waals surface area contributed by atoms with Crippen molar-refractivity contribution in [3.8, 4) is 11.5 Å². The van der Waals surface area contributed by atoms with E-state index in [-0.39, 0.29) is 11.5 Å². The van der Waals surface area contributed by atoms with Crippen LogP contribution in [0.25, 0.3) is 6.08 Å². The zero-order chi connectivity index (χ0) is 20.5. The smallest absolute Gasteiger partial charge is 0.232 e. The van der Waals surface area contributed by atoms with Crippen molar-refractivity contribution in [3.63, 3.8) is 0 Å². The highest BCUT2D eigenvalue weighted by molar-refractivity contribution is 7.10. The average molecular weight is 425 g/mol. The number of phenols is 1. The number of thiophene rings is 1. The molecule has 3 aliphatic rings. The molecule has 2 aromatic rings. The van der Waals surface area contributed by atoms with Gasteiger partial charge in [0.25, 0.3) is 0 Å². The van der Waals surface area contributed by atoms with Gasteiger partial charge in [-0.1, -0.05) is 12.5 Å². The zero-order valence-electron chi connectivity index (χ0n) is 17.1. The van der Waals surface area contributed by atoms with Crippen LogP contribution in [-0.2, 0) is 6.54 Å². The van der Waals surface area contributed by atoms with E-state index in [9.17, 15) is 9.90 Å². The number of hydrogen-bond donors (Lipinski definition) is 2. The Bertz CT molecular complexity index is 952. The molecule has 2 atom stereocenters. The van der Waals surface area contributed by atoms with Crippen molar-refractivity contribution in [1.29, 1.82) is 0 Å². The van der Waals surface area contributed by atoms with Crippen LogP contribution in [0.5, 0.6) is 11.5 Å². The number of fused-ring (bicyclic) bond motifs is 2. The third-order valence-electron chi connectivity index (χ3n) is 6.67. The predicted molar refractivity (Wildman–Crippen MR) is 119 cm³/mol. The minimum absolute atomic E-state index is 0.121. The van der Waals surface area contributed by atoms with Crippen LogP contribution >= 0.6 is 11.3 Å². The molecular weight excluding hydrogens is 396 g/mol. The standard InChI is InChI=1S/C24H28N2O3S/c27-21-9-8-18-23(28)22(13-17-6-4-12-30-17)29-24(18)19(21)15-25-14-16-5-3-11-26-10-2-1-7-20(16)26/h4,6,8-9,12-13,16,20,25,27H,1-3,5,7,10-11,14-15H2/t16-,20+/m0/s1. The number of nitrogens with zero attached hydrogens (tertiary/aromatic N) is 1. The molecule has 30 heavy (non-hydrogen) atoms. The summed E-state index contributed by atoms with van der Waals surface area (Å²) in [5.41, 5.74) is 1.20. The lowest BCUT2D eigenvalue weighted by atomic mass is 9.83. The fourth-order valence-corrected chi connectivity index (χ4v) is 5.81. The summed E-state index contributed by atoms with van der Waals surface area (Å²) in [6, 6.07) is 7.86. The van der Waals surface area contributed by atoms with E-state index in [2.05, 4.69) is 10.2 Å². The topological polar surface area (TPSA) is 61.8 Å². The first-order chi connectivity index (χ1) is 14.7. The van der Waals surface area contributed by atoms with Crippen molar-refractivity contribution in [3.05, 3.63) is 51.4 Å². The zero-order valence-corrected chi connectivity index (χ0v) is 17.9. The van der Waals surface area contributed by atoms with Gasteiger partial charge in [-0.2, -0.15) is 0 Å². The lowest BCUT2D eigenvalue weighted by Gasteiger charge is -2.44. The lowest BCUT2D eigenvalue weighted by molar-refractivity contribution is 0.0593. The minimum Gasteiger partial charge on any atom is -0.507 e. The molecule has 2 saturated heterocycles. The Balaban J connectivity index is 1.29. The number of Topliss-reactive ketones (excluding diaryl/α,β-unsaturated/α-hetero) is 1. The molecule has 0 aliphatic carbocycles. The maximum Gasteiger partial charge on any atom is 0.232 e. The molecule has 5 nitrogen and oxygen atoms in total. The molecule has 0 bridgehead atoms. The Morgan fingerprint density at radius 1 is 1.20 bits per heavy atom. The van der Waals surface area contributed by atoms with E-state index in [4.69, 9.17) is 4.74 Å². The SMILES string of the molecule is O=C1C(=Cc2cccs2)Oc2c1ccc(O)c2CNC[C@@H]1CCCN2CCCC[C@H]12. The van der Waals surface area contributed by atoms with Crippen molar-refractivity contribution in [2.24, 2.45) is 5.92 Å². The summed E-state index contributed by atoms with van der Waals surface area (Å²) in [6.07, 6.45) is 8.26. The van der Waals surface area contributed by atoms with Gasteiger partial charge in [-0.25, -0.2) is 0 Å². The van der Waals surface area contributed by atoms with Gasteiger partial charge in [-0.3, -0.25) is 4.79 Å². The normalized spacial score (nSPS) is 25.2. The van der Waals surface area contributed by atoms with Crippen LogP contribution in [0.3, 0.4) is 0 Å². The van der Waals surface area contributed by atoms with E-state index in [0.717, 1.165) is 11.4 Å². The minimum atomic E-state index is -0.121. The van der Waals surface area contributed by atoms with Crippen LogP contribution in [0, 0.1) is 5.92 Å². The lowest BCUT2D eigenvalue weighted by Crippen LogP contribution is -2.50. The van der Waals surface area contributed by atoms with Crippen LogP contribution in [0.1, 0.15) is 52.9 Å². The number of ether oxygens (including phenoxy) is 1. The van der Waals surface area contributed by atoms with Gasteiger partial charge in [0.05, 0.1) is 11.1 Å². The van der Waals surface area contributed by atoms with Crippen molar-refractivity contribution in [2.75, 3.05) is 19.6 Å². The highest BCUT2D eigenvalue weighted by atomic mass is 32.1. The Kier molecular flexibility index (Phi) is 5.63. The fourth-order valence-electron chi connectivity index (χ4n) is 5.17. The van der Waals surface area contributed by atoms with Crippen molar-refractivity contribution >= 4 is 23.2 Å². The van der Waals surface area contributed by atoms with Crippen LogP contribution in [0.4, 0.5) is 0 Å². The first-order valence-corrected chi connectivity index (χ1v) is 11.9. The quantitative estimate of drug-likeness (QED) is 0.696. The highest BCUT2D eigenvalue weighted by Gasteiger charge is 2.34. The van der Waals surface area contributed by atoms with Crippen molar-refractivity contribution in [1.82, 2.24) is 10.2 Å². The number of hydrogen-bond acceptors (Lipinski definition) is 6. The number of nitrogens with one attached hydrogen (secondary N) is 1. The molecule has 0 spiro atoms. The molecule has 1 aromatic heterocycles. The molecule has 0 amide bonds. The van der Waals surface area contributed by atoms with Crippen molar-refractivity contribution < 1.29 is 14.6 Å². The molecule has 5 rings (SSSR count). The van der Waals surface area contributed by atoms with Crippen LogP contribution in [-0.4, -0.2) is 41.5 Å². The number of rotatable bonds is 5. The van der Waals surface area contributed by atoms with E-state index < -0.39 is 0 Å². The Hall–Kier alpha value is -2.15. The van der Waals surface area contributed by atoms with Crippen LogP contribution < -0.4 is 10.1 Å². The molecule has 158 valence electrons. The van der Waals surface area contributed by atoms with Crippen LogP contribution in [0.15, 0.2) is 35.4 Å². The van der Waals surface area contributed by atoms with Gasteiger partial charge in [0.2, 0.25) is 5.78 Å². The van der Waals surface area contributed by atoms with Gasteiger partial charge in [0.15, 0.2) is 5.76 Å². The number of carbonyl (C=O) groups excluding carboxylic acids is 1. The van der Waals surface area contributed by atoms with E-state index in [1.165, 1.54) is 45.2 Å². The molecule has 1 aromatic carbocycles. The van der Waals surface area contributed by atoms with Gasteiger partial charge in [-0.05, 0) is 74.8 Å². The molecule has 4 heterocycles. The number of aromatic hydroxyl groups is 1. The second-order valence-electron chi connectivity index (χ2n) is 8.53. The summed E-state index contributed by atoms with van der Waals surface area (Å²) in [6.45, 7) is 3.90. The number of piperidine rings is 2. The maximum atomic E-state index is 12.8. The Morgan fingerprint density at radius 2 is 2.10 bits per heavy atom. The third-order valence-corrected chi connectivity index (χ3v) is 7.49. The molecule has 0 saturated carbocycles. The van der Waals surface area contributed by atoms with Gasteiger partial charge in [0, 0.05) is 23.5 Å². The summed E-state index contributed by atoms with van der Waals surface area (Å²) < 4.78 is 5.94. The third kappa shape index (κ3) is 3.80. The largest absolute Gasteiger partial charge is 0.507 e. The fraction of sp³-hybridized carbons (Fsp3) is 0.458. The monoisotopic (exact) mass is 424 g/mol. The summed E-state index contributed by atoms with van der Waals surface area (Å²) in [5.74, 6) is 1.52. The summed E-state index contributed by atoms with van der Waals surface area (Å²) in [5, 5.41) is 16.0. The molecular formula is C24H28N2O3S. The van der Waals surface area contributed by atoms with Gasteiger partial charge >= 0.3 is 0 Å². The maximum absolute atomic E-state index is 12.8. The number of carbonyl (C=O) groups is 1. The predicted octanol–water partition coefficient (Wildman–Crippen LogP) is 4.42. The van der Waals surface area contributed by atoms with E-state index >= 15 is 0 Å². The van der Waals surface area contributed by atoms with Gasteiger partial charge < -0.3 is 20.1 Å².